The highest BCUT2D eigenvalue weighted by atomic mass is 16.2. The molecule has 0 aliphatic carbocycles. The van der Waals surface area contributed by atoms with Gasteiger partial charge in [-0.1, -0.05) is 36.2 Å². The molecule has 1 heterocycles. The largest absolute Gasteiger partial charge is 0.341 e. The molecular formula is C16H24N2O. The number of rotatable bonds is 4. The van der Waals surface area contributed by atoms with Crippen LogP contribution < -0.4 is 5.32 Å². The predicted octanol–water partition coefficient (Wildman–Crippen LogP) is 2.49. The van der Waals surface area contributed by atoms with Gasteiger partial charge in [-0.15, -0.1) is 0 Å². The molecule has 2 rings (SSSR count). The van der Waals surface area contributed by atoms with E-state index in [2.05, 4.69) is 36.5 Å². The molecule has 19 heavy (non-hydrogen) atoms. The molecule has 1 aromatic carbocycles. The van der Waals surface area contributed by atoms with Gasteiger partial charge in [-0.2, -0.15) is 0 Å². The van der Waals surface area contributed by atoms with E-state index in [9.17, 15) is 4.79 Å². The molecule has 0 radical (unpaired) electrons. The molecule has 1 fully saturated rings. The zero-order chi connectivity index (χ0) is 13.7. The first-order chi connectivity index (χ1) is 9.15. The molecule has 1 amide bonds. The number of hydrogen-bond donors (Lipinski definition) is 1. The van der Waals surface area contributed by atoms with Crippen molar-refractivity contribution in [1.82, 2.24) is 10.2 Å². The summed E-state index contributed by atoms with van der Waals surface area (Å²) in [6, 6.07) is 8.75. The second kappa shape index (κ2) is 6.71. The minimum atomic E-state index is 0.236. The second-order valence-electron chi connectivity index (χ2n) is 5.59. The lowest BCUT2D eigenvalue weighted by Crippen LogP contribution is -2.39. The maximum atomic E-state index is 12.2. The van der Waals surface area contributed by atoms with Crippen LogP contribution in [-0.2, 0) is 11.3 Å². The Morgan fingerprint density at radius 2 is 2.05 bits per heavy atom. The topological polar surface area (TPSA) is 32.3 Å². The summed E-state index contributed by atoms with van der Waals surface area (Å²) in [4.78, 5) is 14.0. The van der Waals surface area contributed by atoms with Gasteiger partial charge < -0.3 is 10.2 Å². The summed E-state index contributed by atoms with van der Waals surface area (Å²) in [7, 11) is 1.89. The zero-order valence-electron chi connectivity index (χ0n) is 12.0. The van der Waals surface area contributed by atoms with Gasteiger partial charge in [0.05, 0.1) is 0 Å². The summed E-state index contributed by atoms with van der Waals surface area (Å²) in [6.07, 6.45) is 4.24. The SMILES string of the molecule is Cc1ccc(CN(C)C(=O)CC2CCCCN2)cc1. The van der Waals surface area contributed by atoms with Gasteiger partial charge in [-0.25, -0.2) is 0 Å². The van der Waals surface area contributed by atoms with E-state index in [-0.39, 0.29) is 5.91 Å². The van der Waals surface area contributed by atoms with Crippen LogP contribution in [-0.4, -0.2) is 30.4 Å². The van der Waals surface area contributed by atoms with Crippen LogP contribution in [0.5, 0.6) is 0 Å². The lowest BCUT2D eigenvalue weighted by Gasteiger charge is -2.25. The fourth-order valence-electron chi connectivity index (χ4n) is 2.52. The molecule has 1 N–H and O–H groups in total. The van der Waals surface area contributed by atoms with Crippen molar-refractivity contribution in [3.63, 3.8) is 0 Å². The fourth-order valence-corrected chi connectivity index (χ4v) is 2.52. The predicted molar refractivity (Wildman–Crippen MR) is 77.9 cm³/mol. The zero-order valence-corrected chi connectivity index (χ0v) is 12.0. The molecule has 1 saturated heterocycles. The van der Waals surface area contributed by atoms with E-state index in [0.29, 0.717) is 19.0 Å². The molecule has 1 aliphatic heterocycles. The molecule has 0 bridgehead atoms. The van der Waals surface area contributed by atoms with Crippen molar-refractivity contribution in [2.45, 2.75) is 45.2 Å². The van der Waals surface area contributed by atoms with Gasteiger partial charge in [0.2, 0.25) is 5.91 Å². The van der Waals surface area contributed by atoms with Crippen LogP contribution in [0.4, 0.5) is 0 Å². The quantitative estimate of drug-likeness (QED) is 0.902. The third-order valence-electron chi connectivity index (χ3n) is 3.80. The number of carbonyl (C=O) groups excluding carboxylic acids is 1. The number of benzene rings is 1. The average Bonchev–Trinajstić information content (AvgIpc) is 2.42. The summed E-state index contributed by atoms with van der Waals surface area (Å²) >= 11 is 0. The Kier molecular flexibility index (Phi) is 4.97. The second-order valence-corrected chi connectivity index (χ2v) is 5.59. The molecule has 0 saturated carbocycles. The number of hydrogen-bond acceptors (Lipinski definition) is 2. The average molecular weight is 260 g/mol. The lowest BCUT2D eigenvalue weighted by atomic mass is 10.0. The van der Waals surface area contributed by atoms with Gasteiger partial charge in [0, 0.05) is 26.1 Å². The van der Waals surface area contributed by atoms with Crippen LogP contribution in [0.25, 0.3) is 0 Å². The molecule has 0 aromatic heterocycles. The van der Waals surface area contributed by atoms with Crippen LogP contribution in [0, 0.1) is 6.92 Å². The number of nitrogens with one attached hydrogen (secondary N) is 1. The highest BCUT2D eigenvalue weighted by Crippen LogP contribution is 2.12. The van der Waals surface area contributed by atoms with Gasteiger partial charge in [-0.05, 0) is 31.9 Å². The maximum Gasteiger partial charge on any atom is 0.224 e. The number of amides is 1. The fraction of sp³-hybridized carbons (Fsp3) is 0.562. The summed E-state index contributed by atoms with van der Waals surface area (Å²) in [6.45, 7) is 3.83. The van der Waals surface area contributed by atoms with E-state index in [1.165, 1.54) is 24.0 Å². The Hall–Kier alpha value is -1.35. The third-order valence-corrected chi connectivity index (χ3v) is 3.80. The molecule has 1 unspecified atom stereocenters. The minimum absolute atomic E-state index is 0.236. The molecule has 1 atom stereocenters. The van der Waals surface area contributed by atoms with Gasteiger partial charge in [0.1, 0.15) is 0 Å². The summed E-state index contributed by atoms with van der Waals surface area (Å²) < 4.78 is 0. The first-order valence-electron chi connectivity index (χ1n) is 7.18. The van der Waals surface area contributed by atoms with Crippen LogP contribution >= 0.6 is 0 Å². The number of aryl methyl sites for hydroxylation is 1. The molecule has 3 nitrogen and oxygen atoms in total. The van der Waals surface area contributed by atoms with Crippen molar-refractivity contribution in [1.29, 1.82) is 0 Å². The van der Waals surface area contributed by atoms with E-state index >= 15 is 0 Å². The van der Waals surface area contributed by atoms with Crippen molar-refractivity contribution in [3.8, 4) is 0 Å². The van der Waals surface area contributed by atoms with Gasteiger partial charge in [-0.3, -0.25) is 4.79 Å². The molecular weight excluding hydrogens is 236 g/mol. The summed E-state index contributed by atoms with van der Waals surface area (Å²) in [5, 5.41) is 3.43. The Bertz CT molecular complexity index is 407. The van der Waals surface area contributed by atoms with Crippen LogP contribution in [0.15, 0.2) is 24.3 Å². The van der Waals surface area contributed by atoms with Gasteiger partial charge in [0.25, 0.3) is 0 Å². The molecule has 3 heteroatoms. The Balaban J connectivity index is 1.83. The number of carbonyl (C=O) groups is 1. The van der Waals surface area contributed by atoms with Crippen molar-refractivity contribution >= 4 is 5.91 Å². The monoisotopic (exact) mass is 260 g/mol. The van der Waals surface area contributed by atoms with Gasteiger partial charge >= 0.3 is 0 Å². The smallest absolute Gasteiger partial charge is 0.224 e. The van der Waals surface area contributed by atoms with Gasteiger partial charge in [0.15, 0.2) is 0 Å². The van der Waals surface area contributed by atoms with Crippen LogP contribution in [0.3, 0.4) is 0 Å². The van der Waals surface area contributed by atoms with E-state index in [1.54, 1.807) is 0 Å². The Morgan fingerprint density at radius 3 is 2.68 bits per heavy atom. The first kappa shape index (κ1) is 14.1. The minimum Gasteiger partial charge on any atom is -0.341 e. The van der Waals surface area contributed by atoms with Crippen LogP contribution in [0.2, 0.25) is 0 Å². The van der Waals surface area contributed by atoms with Crippen molar-refractivity contribution in [2.24, 2.45) is 0 Å². The summed E-state index contributed by atoms with van der Waals surface area (Å²) in [5.74, 6) is 0.236. The first-order valence-corrected chi connectivity index (χ1v) is 7.18. The van der Waals surface area contributed by atoms with E-state index < -0.39 is 0 Å². The molecule has 104 valence electrons. The Morgan fingerprint density at radius 1 is 1.32 bits per heavy atom. The normalized spacial score (nSPS) is 19.2. The standard InChI is InChI=1S/C16H24N2O/c1-13-6-8-14(9-7-13)12-18(2)16(19)11-15-5-3-4-10-17-15/h6-9,15,17H,3-5,10-12H2,1-2H3. The van der Waals surface area contributed by atoms with Crippen LogP contribution in [0.1, 0.15) is 36.8 Å². The van der Waals surface area contributed by atoms with E-state index in [1.807, 2.05) is 11.9 Å². The Labute approximate surface area is 116 Å². The van der Waals surface area contributed by atoms with E-state index in [4.69, 9.17) is 0 Å². The van der Waals surface area contributed by atoms with Crippen molar-refractivity contribution in [3.05, 3.63) is 35.4 Å². The third kappa shape index (κ3) is 4.35. The van der Waals surface area contributed by atoms with Crippen molar-refractivity contribution < 1.29 is 4.79 Å². The highest BCUT2D eigenvalue weighted by molar-refractivity contribution is 5.76. The molecule has 1 aliphatic rings. The lowest BCUT2D eigenvalue weighted by molar-refractivity contribution is -0.131. The summed E-state index contributed by atoms with van der Waals surface area (Å²) in [5.41, 5.74) is 2.45. The van der Waals surface area contributed by atoms with E-state index in [0.717, 1.165) is 13.0 Å². The number of piperidine rings is 1. The highest BCUT2D eigenvalue weighted by Gasteiger charge is 2.18. The number of nitrogens with zero attached hydrogens (tertiary/aromatic N) is 1. The molecule has 1 aromatic rings. The maximum absolute atomic E-state index is 12.2. The molecule has 0 spiro atoms. The van der Waals surface area contributed by atoms with Crippen molar-refractivity contribution in [2.75, 3.05) is 13.6 Å².